The fraction of sp³-hybridized carbons (Fsp3) is 0.636. The molecule has 6 heteroatoms. The van der Waals surface area contributed by atoms with Gasteiger partial charge in [0.2, 0.25) is 5.91 Å². The van der Waals surface area contributed by atoms with Crippen LogP contribution in [0.1, 0.15) is 13.3 Å². The quantitative estimate of drug-likeness (QED) is 0.565. The van der Waals surface area contributed by atoms with Gasteiger partial charge in [-0.2, -0.15) is 5.10 Å². The zero-order chi connectivity index (χ0) is 12.5. The van der Waals surface area contributed by atoms with Crippen molar-refractivity contribution in [2.24, 2.45) is 0 Å². The van der Waals surface area contributed by atoms with E-state index in [1.807, 2.05) is 6.92 Å². The third-order valence-corrected chi connectivity index (χ3v) is 2.19. The summed E-state index contributed by atoms with van der Waals surface area (Å²) in [4.78, 5) is 11.2. The third kappa shape index (κ3) is 6.03. The molecule has 0 saturated heterocycles. The molecule has 0 spiro atoms. The first-order valence-corrected chi connectivity index (χ1v) is 5.85. The lowest BCUT2D eigenvalue weighted by Crippen LogP contribution is -2.38. The van der Waals surface area contributed by atoms with E-state index in [0.29, 0.717) is 19.6 Å². The molecule has 1 amide bonds. The van der Waals surface area contributed by atoms with Gasteiger partial charge in [0.05, 0.1) is 19.2 Å². The zero-order valence-corrected chi connectivity index (χ0v) is 10.1. The first-order valence-electron chi connectivity index (χ1n) is 5.85. The van der Waals surface area contributed by atoms with Crippen LogP contribution in [0.25, 0.3) is 0 Å². The molecule has 1 aromatic rings. The van der Waals surface area contributed by atoms with Gasteiger partial charge in [-0.15, -0.1) is 0 Å². The summed E-state index contributed by atoms with van der Waals surface area (Å²) < 4.78 is 1.66. The SMILES string of the molecule is CCCNC(=O)CNCC(O)Cn1cccn1. The van der Waals surface area contributed by atoms with Gasteiger partial charge < -0.3 is 15.7 Å². The van der Waals surface area contributed by atoms with E-state index >= 15 is 0 Å². The fourth-order valence-electron chi connectivity index (χ4n) is 1.37. The van der Waals surface area contributed by atoms with Crippen molar-refractivity contribution in [2.45, 2.75) is 26.0 Å². The molecule has 1 rings (SSSR count). The topological polar surface area (TPSA) is 79.2 Å². The van der Waals surface area contributed by atoms with Crippen molar-refractivity contribution in [3.8, 4) is 0 Å². The molecule has 1 atom stereocenters. The Morgan fingerprint density at radius 1 is 1.59 bits per heavy atom. The van der Waals surface area contributed by atoms with Crippen molar-refractivity contribution < 1.29 is 9.90 Å². The van der Waals surface area contributed by atoms with E-state index < -0.39 is 6.10 Å². The second-order valence-corrected chi connectivity index (χ2v) is 3.86. The van der Waals surface area contributed by atoms with Gasteiger partial charge in [-0.25, -0.2) is 0 Å². The number of aliphatic hydroxyl groups is 1. The Labute approximate surface area is 101 Å². The van der Waals surface area contributed by atoms with Gasteiger partial charge in [0.1, 0.15) is 0 Å². The Morgan fingerprint density at radius 2 is 2.41 bits per heavy atom. The van der Waals surface area contributed by atoms with E-state index in [4.69, 9.17) is 0 Å². The predicted molar refractivity (Wildman–Crippen MR) is 64.4 cm³/mol. The molecule has 0 aliphatic carbocycles. The molecule has 96 valence electrons. The van der Waals surface area contributed by atoms with Crippen LogP contribution in [0.3, 0.4) is 0 Å². The molecule has 1 heterocycles. The minimum absolute atomic E-state index is 0.0434. The van der Waals surface area contributed by atoms with E-state index in [1.54, 1.807) is 23.1 Å². The zero-order valence-electron chi connectivity index (χ0n) is 10.1. The molecule has 3 N–H and O–H groups in total. The van der Waals surface area contributed by atoms with Crippen LogP contribution in [0.2, 0.25) is 0 Å². The highest BCUT2D eigenvalue weighted by Gasteiger charge is 2.06. The van der Waals surface area contributed by atoms with Crippen LogP contribution in [0.5, 0.6) is 0 Å². The van der Waals surface area contributed by atoms with E-state index in [9.17, 15) is 9.90 Å². The standard InChI is InChI=1S/C11H20N4O2/c1-2-4-13-11(17)8-12-7-10(16)9-15-6-3-5-14-15/h3,5-6,10,12,16H,2,4,7-9H2,1H3,(H,13,17). The van der Waals surface area contributed by atoms with E-state index in [0.717, 1.165) is 6.42 Å². The van der Waals surface area contributed by atoms with E-state index in [-0.39, 0.29) is 12.5 Å². The summed E-state index contributed by atoms with van der Waals surface area (Å²) in [6.45, 7) is 3.73. The molecule has 0 aliphatic heterocycles. The monoisotopic (exact) mass is 240 g/mol. The highest BCUT2D eigenvalue weighted by molar-refractivity contribution is 5.77. The minimum atomic E-state index is -0.547. The van der Waals surface area contributed by atoms with Crippen LogP contribution in [0.15, 0.2) is 18.5 Å². The molecule has 0 aliphatic rings. The van der Waals surface area contributed by atoms with Gasteiger partial charge in [0.25, 0.3) is 0 Å². The van der Waals surface area contributed by atoms with Crippen molar-refractivity contribution in [3.05, 3.63) is 18.5 Å². The van der Waals surface area contributed by atoms with Crippen molar-refractivity contribution in [3.63, 3.8) is 0 Å². The molecule has 6 nitrogen and oxygen atoms in total. The number of aliphatic hydroxyl groups excluding tert-OH is 1. The summed E-state index contributed by atoms with van der Waals surface area (Å²) in [6.07, 6.45) is 3.83. The summed E-state index contributed by atoms with van der Waals surface area (Å²) in [5, 5.41) is 19.3. The normalized spacial score (nSPS) is 12.4. The van der Waals surface area contributed by atoms with Gasteiger partial charge in [0, 0.05) is 25.5 Å². The number of carbonyl (C=O) groups excluding carboxylic acids is 1. The van der Waals surface area contributed by atoms with Crippen molar-refractivity contribution in [2.75, 3.05) is 19.6 Å². The number of carbonyl (C=O) groups is 1. The van der Waals surface area contributed by atoms with E-state index in [1.165, 1.54) is 0 Å². The van der Waals surface area contributed by atoms with Gasteiger partial charge in [-0.3, -0.25) is 9.48 Å². The molecule has 0 bridgehead atoms. The van der Waals surface area contributed by atoms with E-state index in [2.05, 4.69) is 15.7 Å². The summed E-state index contributed by atoms with van der Waals surface area (Å²) >= 11 is 0. The maximum atomic E-state index is 11.2. The van der Waals surface area contributed by atoms with Crippen LogP contribution < -0.4 is 10.6 Å². The van der Waals surface area contributed by atoms with Crippen LogP contribution in [0, 0.1) is 0 Å². The Kier molecular flexibility index (Phi) is 6.27. The van der Waals surface area contributed by atoms with Gasteiger partial charge in [-0.05, 0) is 12.5 Å². The van der Waals surface area contributed by atoms with Crippen LogP contribution in [-0.2, 0) is 11.3 Å². The summed E-state index contributed by atoms with van der Waals surface area (Å²) in [5.41, 5.74) is 0. The number of hydrogen-bond acceptors (Lipinski definition) is 4. The first-order chi connectivity index (χ1) is 8.22. The van der Waals surface area contributed by atoms with Gasteiger partial charge in [0.15, 0.2) is 0 Å². The molecule has 17 heavy (non-hydrogen) atoms. The number of hydrogen-bond donors (Lipinski definition) is 3. The Hall–Kier alpha value is -1.40. The summed E-state index contributed by atoms with van der Waals surface area (Å²) in [5.74, 6) is -0.0434. The molecule has 1 unspecified atom stereocenters. The maximum absolute atomic E-state index is 11.2. The molecule has 0 aromatic carbocycles. The Bertz CT molecular complexity index is 313. The van der Waals surface area contributed by atoms with Crippen molar-refractivity contribution in [1.29, 1.82) is 0 Å². The maximum Gasteiger partial charge on any atom is 0.233 e. The molecular weight excluding hydrogens is 220 g/mol. The molecule has 0 fully saturated rings. The van der Waals surface area contributed by atoms with Crippen LogP contribution in [0.4, 0.5) is 0 Å². The second kappa shape index (κ2) is 7.81. The highest BCUT2D eigenvalue weighted by atomic mass is 16.3. The third-order valence-electron chi connectivity index (χ3n) is 2.19. The minimum Gasteiger partial charge on any atom is -0.390 e. The van der Waals surface area contributed by atoms with Gasteiger partial charge >= 0.3 is 0 Å². The summed E-state index contributed by atoms with van der Waals surface area (Å²) in [6, 6.07) is 1.80. The highest BCUT2D eigenvalue weighted by Crippen LogP contribution is 1.89. The number of amides is 1. The average molecular weight is 240 g/mol. The van der Waals surface area contributed by atoms with Crippen LogP contribution >= 0.6 is 0 Å². The lowest BCUT2D eigenvalue weighted by molar-refractivity contribution is -0.120. The lowest BCUT2D eigenvalue weighted by Gasteiger charge is -2.11. The number of nitrogens with zero attached hydrogens (tertiary/aromatic N) is 2. The Morgan fingerprint density at radius 3 is 3.06 bits per heavy atom. The first kappa shape index (κ1) is 13.7. The molecule has 0 saturated carbocycles. The molecular formula is C11H20N4O2. The average Bonchev–Trinajstić information content (AvgIpc) is 2.79. The Balaban J connectivity index is 2.07. The van der Waals surface area contributed by atoms with Crippen molar-refractivity contribution >= 4 is 5.91 Å². The number of rotatable bonds is 8. The lowest BCUT2D eigenvalue weighted by atomic mass is 10.3. The summed E-state index contributed by atoms with van der Waals surface area (Å²) in [7, 11) is 0. The van der Waals surface area contributed by atoms with Crippen LogP contribution in [-0.4, -0.2) is 46.5 Å². The van der Waals surface area contributed by atoms with Crippen molar-refractivity contribution in [1.82, 2.24) is 20.4 Å². The molecule has 1 aromatic heterocycles. The second-order valence-electron chi connectivity index (χ2n) is 3.86. The number of nitrogens with one attached hydrogen (secondary N) is 2. The predicted octanol–water partition coefficient (Wildman–Crippen LogP) is -0.640. The largest absolute Gasteiger partial charge is 0.390 e. The van der Waals surface area contributed by atoms with Gasteiger partial charge in [-0.1, -0.05) is 6.92 Å². The number of aromatic nitrogens is 2. The molecule has 0 radical (unpaired) electrons. The fourth-order valence-corrected chi connectivity index (χ4v) is 1.37. The smallest absolute Gasteiger partial charge is 0.233 e.